The van der Waals surface area contributed by atoms with Gasteiger partial charge in [0.15, 0.2) is 0 Å². The number of hydrogen-bond acceptors (Lipinski definition) is 2. The second-order valence-electron chi connectivity index (χ2n) is 9.47. The lowest BCUT2D eigenvalue weighted by Crippen LogP contribution is -2.59. The van der Waals surface area contributed by atoms with E-state index in [4.69, 9.17) is 5.11 Å². The molecule has 4 nitrogen and oxygen atoms in total. The highest BCUT2D eigenvalue weighted by atomic mass is 16.4. The minimum atomic E-state index is -0.656. The monoisotopic (exact) mass is 345 g/mol. The molecule has 0 aromatic heterocycles. The molecule has 7 atom stereocenters. The molecular weight excluding hydrogens is 314 g/mol. The van der Waals surface area contributed by atoms with Gasteiger partial charge in [0, 0.05) is 17.9 Å². The fourth-order valence-corrected chi connectivity index (χ4v) is 7.21. The third-order valence-corrected chi connectivity index (χ3v) is 8.59. The first kappa shape index (κ1) is 17.1. The van der Waals surface area contributed by atoms with E-state index in [1.807, 2.05) is 0 Å². The minimum absolute atomic E-state index is 0.0659. The molecule has 3 aliphatic carbocycles. The number of amides is 1. The van der Waals surface area contributed by atoms with Gasteiger partial charge in [0.1, 0.15) is 0 Å². The Kier molecular flexibility index (Phi) is 4.01. The third kappa shape index (κ3) is 2.55. The van der Waals surface area contributed by atoms with Crippen molar-refractivity contribution in [3.8, 4) is 0 Å². The third-order valence-electron chi connectivity index (χ3n) is 8.59. The lowest BCUT2D eigenvalue weighted by atomic mass is 9.48. The van der Waals surface area contributed by atoms with Crippen molar-refractivity contribution in [2.75, 3.05) is 0 Å². The van der Waals surface area contributed by atoms with Crippen LogP contribution in [-0.4, -0.2) is 23.0 Å². The van der Waals surface area contributed by atoms with Gasteiger partial charge in [-0.1, -0.05) is 19.9 Å². The van der Waals surface area contributed by atoms with E-state index in [-0.39, 0.29) is 11.3 Å². The van der Waals surface area contributed by atoms with Gasteiger partial charge in [0.25, 0.3) is 0 Å². The van der Waals surface area contributed by atoms with Gasteiger partial charge in [0.2, 0.25) is 5.91 Å². The number of rotatable bonds is 3. The van der Waals surface area contributed by atoms with Gasteiger partial charge in [-0.2, -0.15) is 0 Å². The number of aliphatic carboxylic acids is 1. The predicted molar refractivity (Wildman–Crippen MR) is 95.8 cm³/mol. The highest BCUT2D eigenvalue weighted by Gasteiger charge is 2.59. The largest absolute Gasteiger partial charge is 0.481 e. The second kappa shape index (κ2) is 5.85. The van der Waals surface area contributed by atoms with Crippen molar-refractivity contribution in [3.63, 3.8) is 0 Å². The van der Waals surface area contributed by atoms with Crippen LogP contribution in [0.1, 0.15) is 65.2 Å². The zero-order chi connectivity index (χ0) is 17.8. The highest BCUT2D eigenvalue weighted by molar-refractivity contribution is 5.89. The molecule has 138 valence electrons. The van der Waals surface area contributed by atoms with Gasteiger partial charge in [-0.15, -0.1) is 0 Å². The molecular formula is C21H31NO3. The summed E-state index contributed by atoms with van der Waals surface area (Å²) in [5.41, 5.74) is 0.415. The van der Waals surface area contributed by atoms with E-state index in [1.165, 1.54) is 32.1 Å². The topological polar surface area (TPSA) is 66.4 Å². The van der Waals surface area contributed by atoms with Gasteiger partial charge in [-0.05, 0) is 80.1 Å². The smallest absolute Gasteiger partial charge is 0.303 e. The zero-order valence-corrected chi connectivity index (χ0v) is 15.5. The molecule has 4 heteroatoms. The van der Waals surface area contributed by atoms with Gasteiger partial charge >= 0.3 is 5.97 Å². The number of carboxylic acids is 1. The Morgan fingerprint density at radius 1 is 1.20 bits per heavy atom. The quantitative estimate of drug-likeness (QED) is 0.818. The summed E-state index contributed by atoms with van der Waals surface area (Å²) in [6.45, 7) is 4.80. The molecule has 2 N–H and O–H groups in total. The first-order chi connectivity index (χ1) is 11.8. The highest BCUT2D eigenvalue weighted by Crippen LogP contribution is 2.65. The predicted octanol–water partition coefficient (Wildman–Crippen LogP) is 3.76. The molecule has 0 aromatic carbocycles. The fourth-order valence-electron chi connectivity index (χ4n) is 7.21. The maximum Gasteiger partial charge on any atom is 0.303 e. The molecule has 1 heterocycles. The molecule has 4 rings (SSSR count). The average Bonchev–Trinajstić information content (AvgIpc) is 2.90. The van der Waals surface area contributed by atoms with E-state index in [0.717, 1.165) is 24.7 Å². The number of nitrogens with one attached hydrogen (secondary N) is 1. The maximum absolute atomic E-state index is 11.8. The summed E-state index contributed by atoms with van der Waals surface area (Å²) in [6, 6.07) is 0.291. The summed E-state index contributed by atoms with van der Waals surface area (Å²) in [4.78, 5) is 22.8. The molecule has 1 amide bonds. The molecule has 4 aliphatic rings. The molecule has 0 bridgehead atoms. The Morgan fingerprint density at radius 3 is 2.76 bits per heavy atom. The van der Waals surface area contributed by atoms with E-state index in [0.29, 0.717) is 29.7 Å². The Morgan fingerprint density at radius 2 is 2.00 bits per heavy atom. The van der Waals surface area contributed by atoms with Gasteiger partial charge in [0.05, 0.1) is 0 Å². The molecule has 0 spiro atoms. The van der Waals surface area contributed by atoms with E-state index in [2.05, 4.69) is 25.2 Å². The number of carbonyl (C=O) groups is 2. The van der Waals surface area contributed by atoms with Crippen LogP contribution in [0.5, 0.6) is 0 Å². The first-order valence-electron chi connectivity index (χ1n) is 10.1. The second-order valence-corrected chi connectivity index (χ2v) is 9.47. The van der Waals surface area contributed by atoms with Crippen LogP contribution in [0, 0.1) is 34.5 Å². The van der Waals surface area contributed by atoms with Crippen LogP contribution in [0.2, 0.25) is 0 Å². The summed E-state index contributed by atoms with van der Waals surface area (Å²) in [6.07, 6.45) is 12.3. The lowest BCUT2D eigenvalue weighted by molar-refractivity contribution is -0.138. The van der Waals surface area contributed by atoms with Crippen LogP contribution < -0.4 is 5.32 Å². The number of carbonyl (C=O) groups excluding carboxylic acids is 1. The summed E-state index contributed by atoms with van der Waals surface area (Å²) in [5.74, 6) is 2.09. The summed E-state index contributed by atoms with van der Waals surface area (Å²) < 4.78 is 0. The summed E-state index contributed by atoms with van der Waals surface area (Å²) in [7, 11) is 0. The maximum atomic E-state index is 11.8. The van der Waals surface area contributed by atoms with Crippen molar-refractivity contribution in [1.82, 2.24) is 5.32 Å². The van der Waals surface area contributed by atoms with Gasteiger partial charge in [-0.3, -0.25) is 9.59 Å². The van der Waals surface area contributed by atoms with Crippen LogP contribution in [0.25, 0.3) is 0 Å². The fraction of sp³-hybridized carbons (Fsp3) is 0.810. The van der Waals surface area contributed by atoms with Crippen LogP contribution in [0.3, 0.4) is 0 Å². The van der Waals surface area contributed by atoms with Gasteiger partial charge in [-0.25, -0.2) is 0 Å². The molecule has 7 unspecified atom stereocenters. The van der Waals surface area contributed by atoms with E-state index < -0.39 is 5.97 Å². The molecule has 0 radical (unpaired) electrons. The minimum Gasteiger partial charge on any atom is -0.481 e. The zero-order valence-electron chi connectivity index (χ0n) is 15.5. The van der Waals surface area contributed by atoms with E-state index in [9.17, 15) is 9.59 Å². The SMILES string of the molecule is CC12C=CC(=O)NC1CCC1C2CCC2(C)C(CCC(=O)O)CCC12. The van der Waals surface area contributed by atoms with Gasteiger partial charge < -0.3 is 10.4 Å². The summed E-state index contributed by atoms with van der Waals surface area (Å²) >= 11 is 0. The van der Waals surface area contributed by atoms with E-state index >= 15 is 0 Å². The van der Waals surface area contributed by atoms with Crippen molar-refractivity contribution in [1.29, 1.82) is 0 Å². The van der Waals surface area contributed by atoms with Crippen LogP contribution >= 0.6 is 0 Å². The Labute approximate surface area is 150 Å². The Hall–Kier alpha value is -1.32. The van der Waals surface area contributed by atoms with Crippen molar-refractivity contribution >= 4 is 11.9 Å². The molecule has 3 saturated carbocycles. The first-order valence-corrected chi connectivity index (χ1v) is 10.1. The Bertz CT molecular complexity index is 614. The molecule has 25 heavy (non-hydrogen) atoms. The molecule has 0 aromatic rings. The van der Waals surface area contributed by atoms with Crippen molar-refractivity contribution in [2.45, 2.75) is 71.3 Å². The molecule has 1 aliphatic heterocycles. The lowest BCUT2D eigenvalue weighted by Gasteiger charge is -2.59. The van der Waals surface area contributed by atoms with Crippen LogP contribution in [-0.2, 0) is 9.59 Å². The van der Waals surface area contributed by atoms with Crippen LogP contribution in [0.15, 0.2) is 12.2 Å². The average molecular weight is 345 g/mol. The summed E-state index contributed by atoms with van der Waals surface area (Å²) in [5, 5.41) is 12.3. The van der Waals surface area contributed by atoms with Crippen molar-refractivity contribution in [3.05, 3.63) is 12.2 Å². The standard InChI is InChI=1S/C21H31NO3/c1-20-11-9-16-14(15(20)6-3-13(20)4-8-19(24)25)5-7-17-21(16,2)12-10-18(23)22-17/h10,12-17H,3-9,11H2,1-2H3,(H,22,23)(H,24,25). The van der Waals surface area contributed by atoms with Crippen molar-refractivity contribution in [2.24, 2.45) is 34.5 Å². The normalized spacial score (nSPS) is 48.2. The Balaban J connectivity index is 1.57. The molecule has 3 fully saturated rings. The number of fused-ring (bicyclic) bond motifs is 5. The number of carboxylic acid groups (broad SMARTS) is 1. The van der Waals surface area contributed by atoms with E-state index in [1.54, 1.807) is 6.08 Å². The van der Waals surface area contributed by atoms with Crippen LogP contribution in [0.4, 0.5) is 0 Å². The number of hydrogen-bond donors (Lipinski definition) is 2. The van der Waals surface area contributed by atoms with Crippen molar-refractivity contribution < 1.29 is 14.7 Å². The molecule has 0 saturated heterocycles.